The lowest BCUT2D eigenvalue weighted by atomic mass is 9.92. The van der Waals surface area contributed by atoms with Gasteiger partial charge in [0.2, 0.25) is 0 Å². The first-order chi connectivity index (χ1) is 13.8. The molecule has 10 atom stereocenters. The van der Waals surface area contributed by atoms with Crippen molar-refractivity contribution in [3.8, 4) is 0 Å². The highest BCUT2D eigenvalue weighted by molar-refractivity contribution is 5.15. The molecule has 0 saturated carbocycles. The molecule has 3 rings (SSSR count). The van der Waals surface area contributed by atoms with E-state index in [1.54, 1.807) is 0 Å². The van der Waals surface area contributed by atoms with Gasteiger partial charge in [0.05, 0.1) is 18.8 Å². The average molecular weight is 414 g/mol. The molecule has 0 aliphatic carbocycles. The summed E-state index contributed by atoms with van der Waals surface area (Å²) in [5.74, 6) is 0. The summed E-state index contributed by atoms with van der Waals surface area (Å²) in [6.45, 7) is 1.28. The third-order valence-electron chi connectivity index (χ3n) is 5.60. The fourth-order valence-electron chi connectivity index (χ4n) is 3.70. The lowest BCUT2D eigenvalue weighted by molar-refractivity contribution is -0.308. The number of aliphatic hydroxyl groups is 6. The Morgan fingerprint density at radius 1 is 0.759 bits per heavy atom. The molecule has 0 unspecified atom stereocenters. The Hall–Kier alpha value is -1.14. The molecule has 2 fully saturated rings. The Bertz CT molecular complexity index is 630. The number of aryl methyl sites for hydroxylation is 1. The van der Waals surface area contributed by atoms with Crippen LogP contribution in [-0.4, -0.2) is 98.5 Å². The fraction of sp³-hybridized carbons (Fsp3) is 0.700. The molecular formula is C20H30O9. The number of ether oxygens (including phenoxy) is 3. The second kappa shape index (κ2) is 9.78. The van der Waals surface area contributed by atoms with Gasteiger partial charge >= 0.3 is 0 Å². The van der Waals surface area contributed by atoms with Gasteiger partial charge in [-0.15, -0.1) is 0 Å². The molecule has 0 bridgehead atoms. The smallest absolute Gasteiger partial charge is 0.186 e. The van der Waals surface area contributed by atoms with Crippen LogP contribution in [0.25, 0.3) is 0 Å². The number of hydrogen-bond acceptors (Lipinski definition) is 9. The van der Waals surface area contributed by atoms with Gasteiger partial charge < -0.3 is 44.8 Å². The largest absolute Gasteiger partial charge is 0.388 e. The van der Waals surface area contributed by atoms with Crippen LogP contribution in [0.4, 0.5) is 0 Å². The summed E-state index contributed by atoms with van der Waals surface area (Å²) in [6, 6.07) is 9.62. The summed E-state index contributed by atoms with van der Waals surface area (Å²) in [5.41, 5.74) is 1.05. The molecule has 9 nitrogen and oxygen atoms in total. The van der Waals surface area contributed by atoms with E-state index in [4.69, 9.17) is 14.2 Å². The molecule has 2 aliphatic heterocycles. The number of benzene rings is 1. The second-order valence-corrected chi connectivity index (χ2v) is 7.72. The van der Waals surface area contributed by atoms with Crippen molar-refractivity contribution < 1.29 is 44.8 Å². The van der Waals surface area contributed by atoms with E-state index in [1.807, 2.05) is 30.3 Å². The predicted octanol–water partition coefficient (Wildman–Crippen LogP) is -1.69. The van der Waals surface area contributed by atoms with Gasteiger partial charge in [-0.05, 0) is 25.3 Å². The van der Waals surface area contributed by atoms with Gasteiger partial charge in [0, 0.05) is 0 Å². The van der Waals surface area contributed by atoms with Gasteiger partial charge in [-0.3, -0.25) is 0 Å². The van der Waals surface area contributed by atoms with Crippen LogP contribution in [0.1, 0.15) is 18.9 Å². The standard InChI is InChI=1S/C20H30O9/c1-10-14(21)17(24)19(26)20(28-10)27-9-13-16(23)18(25)15(22)12(29-13)8-7-11-5-3-2-4-6-11/h2-6,10,12-26H,7-9H2,1H3/t10-,12-,13+,14-,15-,16+,17+,18+,19+,20+/m0/s1. The summed E-state index contributed by atoms with van der Waals surface area (Å²) < 4.78 is 16.6. The lowest BCUT2D eigenvalue weighted by Gasteiger charge is -2.42. The third kappa shape index (κ3) is 5.13. The highest BCUT2D eigenvalue weighted by Crippen LogP contribution is 2.27. The van der Waals surface area contributed by atoms with E-state index in [2.05, 4.69) is 0 Å². The van der Waals surface area contributed by atoms with Crippen molar-refractivity contribution in [3.05, 3.63) is 35.9 Å². The lowest BCUT2D eigenvalue weighted by Crippen LogP contribution is -2.60. The first kappa shape index (κ1) is 22.5. The molecule has 1 aromatic rings. The SMILES string of the molecule is C[C@@H]1O[C@@H](OC[C@H]2O[C@@H](CCc3ccccc3)[C@H](O)[C@@H](O)[C@@H]2O)[C@H](O)[C@H](O)[C@H]1O. The number of rotatable bonds is 6. The highest BCUT2D eigenvalue weighted by Gasteiger charge is 2.46. The van der Waals surface area contributed by atoms with E-state index in [-0.39, 0.29) is 6.61 Å². The number of hydrogen-bond donors (Lipinski definition) is 6. The molecule has 2 saturated heterocycles. The van der Waals surface area contributed by atoms with Crippen molar-refractivity contribution in [2.45, 2.75) is 81.0 Å². The van der Waals surface area contributed by atoms with Gasteiger partial charge in [-0.2, -0.15) is 0 Å². The Labute approximate surface area is 169 Å². The summed E-state index contributed by atoms with van der Waals surface area (Å²) in [4.78, 5) is 0. The van der Waals surface area contributed by atoms with Crippen molar-refractivity contribution >= 4 is 0 Å². The van der Waals surface area contributed by atoms with Crippen LogP contribution in [0, 0.1) is 0 Å². The minimum absolute atomic E-state index is 0.246. The summed E-state index contributed by atoms with van der Waals surface area (Å²) in [5, 5.41) is 60.3. The molecule has 9 heteroatoms. The Morgan fingerprint density at radius 3 is 2.07 bits per heavy atom. The van der Waals surface area contributed by atoms with E-state index in [0.29, 0.717) is 12.8 Å². The minimum atomic E-state index is -1.48. The van der Waals surface area contributed by atoms with Crippen LogP contribution in [0.15, 0.2) is 30.3 Å². The van der Waals surface area contributed by atoms with Crippen LogP contribution in [0.2, 0.25) is 0 Å². The van der Waals surface area contributed by atoms with Crippen LogP contribution < -0.4 is 0 Å². The first-order valence-electron chi connectivity index (χ1n) is 9.84. The van der Waals surface area contributed by atoms with Crippen molar-refractivity contribution in [3.63, 3.8) is 0 Å². The fourth-order valence-corrected chi connectivity index (χ4v) is 3.70. The molecule has 2 heterocycles. The average Bonchev–Trinajstić information content (AvgIpc) is 2.73. The molecule has 0 amide bonds. The van der Waals surface area contributed by atoms with E-state index in [9.17, 15) is 30.6 Å². The third-order valence-corrected chi connectivity index (χ3v) is 5.60. The zero-order valence-electron chi connectivity index (χ0n) is 16.2. The molecule has 1 aromatic carbocycles. The van der Waals surface area contributed by atoms with E-state index in [1.165, 1.54) is 6.92 Å². The molecule has 6 N–H and O–H groups in total. The molecule has 164 valence electrons. The normalized spacial score (nSPS) is 43.3. The Kier molecular flexibility index (Phi) is 7.60. The molecule has 0 radical (unpaired) electrons. The molecular weight excluding hydrogens is 384 g/mol. The molecule has 2 aliphatic rings. The molecule has 0 spiro atoms. The van der Waals surface area contributed by atoms with Crippen molar-refractivity contribution in [1.29, 1.82) is 0 Å². The van der Waals surface area contributed by atoms with Gasteiger partial charge in [0.15, 0.2) is 6.29 Å². The topological polar surface area (TPSA) is 149 Å². The van der Waals surface area contributed by atoms with Crippen LogP contribution >= 0.6 is 0 Å². The van der Waals surface area contributed by atoms with Crippen LogP contribution in [0.3, 0.4) is 0 Å². The van der Waals surface area contributed by atoms with Gasteiger partial charge in [-0.1, -0.05) is 30.3 Å². The summed E-state index contributed by atoms with van der Waals surface area (Å²) in [7, 11) is 0. The Morgan fingerprint density at radius 2 is 1.38 bits per heavy atom. The predicted molar refractivity (Wildman–Crippen MR) is 99.8 cm³/mol. The van der Waals surface area contributed by atoms with Gasteiger partial charge in [0.1, 0.15) is 42.7 Å². The van der Waals surface area contributed by atoms with Gasteiger partial charge in [0.25, 0.3) is 0 Å². The number of aliphatic hydroxyl groups excluding tert-OH is 6. The second-order valence-electron chi connectivity index (χ2n) is 7.72. The minimum Gasteiger partial charge on any atom is -0.388 e. The molecule has 0 aromatic heterocycles. The van der Waals surface area contributed by atoms with Crippen molar-refractivity contribution in [2.24, 2.45) is 0 Å². The highest BCUT2D eigenvalue weighted by atomic mass is 16.7. The quantitative estimate of drug-likeness (QED) is 0.321. The van der Waals surface area contributed by atoms with Gasteiger partial charge in [-0.25, -0.2) is 0 Å². The van der Waals surface area contributed by atoms with Crippen LogP contribution in [0.5, 0.6) is 0 Å². The maximum atomic E-state index is 10.3. The zero-order chi connectivity index (χ0) is 21.1. The van der Waals surface area contributed by atoms with E-state index >= 15 is 0 Å². The zero-order valence-corrected chi connectivity index (χ0v) is 16.2. The van der Waals surface area contributed by atoms with E-state index in [0.717, 1.165) is 5.56 Å². The summed E-state index contributed by atoms with van der Waals surface area (Å²) >= 11 is 0. The maximum absolute atomic E-state index is 10.3. The Balaban J connectivity index is 1.58. The van der Waals surface area contributed by atoms with Crippen molar-refractivity contribution in [2.75, 3.05) is 6.61 Å². The summed E-state index contributed by atoms with van der Waals surface area (Å²) in [6.07, 6.45) is -10.9. The van der Waals surface area contributed by atoms with E-state index < -0.39 is 61.2 Å². The first-order valence-corrected chi connectivity index (χ1v) is 9.84. The maximum Gasteiger partial charge on any atom is 0.186 e. The monoisotopic (exact) mass is 414 g/mol. The molecule has 29 heavy (non-hydrogen) atoms. The van der Waals surface area contributed by atoms with Crippen LogP contribution in [-0.2, 0) is 20.6 Å². The van der Waals surface area contributed by atoms with Crippen molar-refractivity contribution in [1.82, 2.24) is 0 Å².